The molecule has 0 radical (unpaired) electrons. The standard InChI is InChI=1S/C18H17NO5S/c1-13(20)24-18(17-5-3-4-15(10-17)11-19)16-8-6-14(7-9-16)12-23-25(2,21)22/h3-10,18H,12H2,1-2H3/t18-/m0/s1. The number of hydrogen-bond acceptors (Lipinski definition) is 6. The molecule has 2 aromatic carbocycles. The molecule has 0 unspecified atom stereocenters. The first-order valence-corrected chi connectivity index (χ1v) is 9.20. The Labute approximate surface area is 146 Å². The van der Waals surface area contributed by atoms with E-state index in [1.165, 1.54) is 6.92 Å². The first-order valence-electron chi connectivity index (χ1n) is 7.39. The Morgan fingerprint density at radius 2 is 1.84 bits per heavy atom. The van der Waals surface area contributed by atoms with Crippen molar-refractivity contribution in [1.82, 2.24) is 0 Å². The van der Waals surface area contributed by atoms with Gasteiger partial charge in [0.25, 0.3) is 10.1 Å². The van der Waals surface area contributed by atoms with Crippen molar-refractivity contribution in [2.24, 2.45) is 0 Å². The smallest absolute Gasteiger partial charge is 0.303 e. The van der Waals surface area contributed by atoms with Crippen LogP contribution in [-0.4, -0.2) is 20.6 Å². The second-order valence-electron chi connectivity index (χ2n) is 5.43. The lowest BCUT2D eigenvalue weighted by Gasteiger charge is -2.18. The van der Waals surface area contributed by atoms with E-state index in [0.717, 1.165) is 6.26 Å². The van der Waals surface area contributed by atoms with Crippen molar-refractivity contribution in [3.8, 4) is 6.07 Å². The maximum atomic E-state index is 11.5. The van der Waals surface area contributed by atoms with Crippen LogP contribution in [0, 0.1) is 11.3 Å². The summed E-state index contributed by atoms with van der Waals surface area (Å²) in [7, 11) is -3.52. The van der Waals surface area contributed by atoms with E-state index in [1.807, 2.05) is 0 Å². The monoisotopic (exact) mass is 359 g/mol. The second kappa shape index (κ2) is 7.92. The third kappa shape index (κ3) is 5.71. The van der Waals surface area contributed by atoms with E-state index >= 15 is 0 Å². The zero-order chi connectivity index (χ0) is 18.4. The molecule has 0 aliphatic carbocycles. The average molecular weight is 359 g/mol. The summed E-state index contributed by atoms with van der Waals surface area (Å²) in [6, 6.07) is 15.7. The molecule has 0 bridgehead atoms. The molecule has 0 N–H and O–H groups in total. The van der Waals surface area contributed by atoms with Gasteiger partial charge in [-0.2, -0.15) is 13.7 Å². The van der Waals surface area contributed by atoms with Gasteiger partial charge in [-0.1, -0.05) is 36.4 Å². The maximum absolute atomic E-state index is 11.5. The van der Waals surface area contributed by atoms with Crippen molar-refractivity contribution in [2.45, 2.75) is 19.6 Å². The summed E-state index contributed by atoms with van der Waals surface area (Å²) >= 11 is 0. The zero-order valence-electron chi connectivity index (χ0n) is 13.8. The Balaban J connectivity index is 2.29. The Bertz CT molecular complexity index is 898. The summed E-state index contributed by atoms with van der Waals surface area (Å²) in [5.74, 6) is -0.447. The summed E-state index contributed by atoms with van der Waals surface area (Å²) in [4.78, 5) is 11.5. The Hall–Kier alpha value is -2.69. The number of benzene rings is 2. The van der Waals surface area contributed by atoms with Gasteiger partial charge >= 0.3 is 5.97 Å². The van der Waals surface area contributed by atoms with Gasteiger partial charge < -0.3 is 4.74 Å². The summed E-state index contributed by atoms with van der Waals surface area (Å²) in [6.07, 6.45) is 0.330. The highest BCUT2D eigenvalue weighted by molar-refractivity contribution is 7.85. The minimum Gasteiger partial charge on any atom is -0.453 e. The average Bonchev–Trinajstić information content (AvgIpc) is 2.57. The van der Waals surface area contributed by atoms with Gasteiger partial charge in [-0.3, -0.25) is 8.98 Å². The van der Waals surface area contributed by atoms with Crippen molar-refractivity contribution < 1.29 is 22.1 Å². The molecule has 0 aliphatic rings. The van der Waals surface area contributed by atoms with Crippen molar-refractivity contribution in [2.75, 3.05) is 6.26 Å². The molecule has 0 amide bonds. The largest absolute Gasteiger partial charge is 0.453 e. The number of hydrogen-bond donors (Lipinski definition) is 0. The highest BCUT2D eigenvalue weighted by atomic mass is 32.2. The summed E-state index contributed by atoms with van der Waals surface area (Å²) < 4.78 is 32.2. The molecule has 2 aromatic rings. The van der Waals surface area contributed by atoms with E-state index in [0.29, 0.717) is 22.3 Å². The molecular formula is C18H17NO5S. The van der Waals surface area contributed by atoms with Crippen LogP contribution in [0.2, 0.25) is 0 Å². The molecule has 130 valence electrons. The minimum absolute atomic E-state index is 0.0682. The van der Waals surface area contributed by atoms with Gasteiger partial charge in [0.1, 0.15) is 0 Å². The molecule has 0 aliphatic heterocycles. The lowest BCUT2D eigenvalue weighted by atomic mass is 9.99. The fraction of sp³-hybridized carbons (Fsp3) is 0.222. The minimum atomic E-state index is -3.52. The van der Waals surface area contributed by atoms with E-state index in [9.17, 15) is 13.2 Å². The summed E-state index contributed by atoms with van der Waals surface area (Å²) in [5, 5.41) is 9.04. The lowest BCUT2D eigenvalue weighted by molar-refractivity contribution is -0.144. The highest BCUT2D eigenvalue weighted by Gasteiger charge is 2.18. The number of carbonyl (C=O) groups is 1. The van der Waals surface area contributed by atoms with Crippen LogP contribution >= 0.6 is 0 Å². The van der Waals surface area contributed by atoms with E-state index in [-0.39, 0.29) is 6.61 Å². The Morgan fingerprint density at radius 3 is 2.40 bits per heavy atom. The van der Waals surface area contributed by atoms with Crippen LogP contribution < -0.4 is 0 Å². The summed E-state index contributed by atoms with van der Waals surface area (Å²) in [5.41, 5.74) is 2.51. The van der Waals surface area contributed by atoms with Crippen LogP contribution in [0.1, 0.15) is 35.3 Å². The summed E-state index contributed by atoms with van der Waals surface area (Å²) in [6.45, 7) is 1.25. The van der Waals surface area contributed by atoms with Gasteiger partial charge in [0, 0.05) is 6.92 Å². The number of rotatable bonds is 6. The first-order chi connectivity index (χ1) is 11.8. The molecule has 0 saturated heterocycles. The number of carbonyl (C=O) groups excluding carboxylic acids is 1. The van der Waals surface area contributed by atoms with E-state index in [2.05, 4.69) is 6.07 Å². The zero-order valence-corrected chi connectivity index (χ0v) is 14.6. The normalized spacial score (nSPS) is 12.2. The van der Waals surface area contributed by atoms with E-state index < -0.39 is 22.2 Å². The van der Waals surface area contributed by atoms with E-state index in [4.69, 9.17) is 14.2 Å². The van der Waals surface area contributed by atoms with E-state index in [1.54, 1.807) is 48.5 Å². The number of ether oxygens (including phenoxy) is 1. The van der Waals surface area contributed by atoms with Gasteiger partial charge in [-0.15, -0.1) is 0 Å². The molecule has 7 heteroatoms. The van der Waals surface area contributed by atoms with Crippen molar-refractivity contribution >= 4 is 16.1 Å². The second-order valence-corrected chi connectivity index (χ2v) is 7.08. The fourth-order valence-corrected chi connectivity index (χ4v) is 2.58. The van der Waals surface area contributed by atoms with Gasteiger partial charge in [-0.05, 0) is 28.8 Å². The number of esters is 1. The fourth-order valence-electron chi connectivity index (χ4n) is 2.23. The third-order valence-electron chi connectivity index (χ3n) is 3.32. The van der Waals surface area contributed by atoms with Crippen LogP contribution in [0.3, 0.4) is 0 Å². The van der Waals surface area contributed by atoms with Crippen molar-refractivity contribution in [3.05, 3.63) is 70.8 Å². The number of nitriles is 1. The molecule has 0 heterocycles. The first kappa shape index (κ1) is 18.6. The van der Waals surface area contributed by atoms with Crippen LogP contribution in [0.5, 0.6) is 0 Å². The molecule has 2 rings (SSSR count). The van der Waals surface area contributed by atoms with Gasteiger partial charge in [-0.25, -0.2) is 0 Å². The molecule has 1 atom stereocenters. The molecular weight excluding hydrogens is 342 g/mol. The van der Waals surface area contributed by atoms with Gasteiger partial charge in [0.15, 0.2) is 6.10 Å². The molecule has 0 fully saturated rings. The van der Waals surface area contributed by atoms with Gasteiger partial charge in [0.2, 0.25) is 0 Å². The topological polar surface area (TPSA) is 93.5 Å². The molecule has 0 spiro atoms. The quantitative estimate of drug-likeness (QED) is 0.581. The van der Waals surface area contributed by atoms with Crippen molar-refractivity contribution in [3.63, 3.8) is 0 Å². The molecule has 6 nitrogen and oxygen atoms in total. The van der Waals surface area contributed by atoms with Crippen molar-refractivity contribution in [1.29, 1.82) is 5.26 Å². The predicted octanol–water partition coefficient (Wildman–Crippen LogP) is 2.69. The number of nitrogens with zero attached hydrogens (tertiary/aromatic N) is 1. The Kier molecular flexibility index (Phi) is 5.91. The lowest BCUT2D eigenvalue weighted by Crippen LogP contribution is -2.10. The molecule has 0 saturated carbocycles. The molecule has 25 heavy (non-hydrogen) atoms. The molecule has 0 aromatic heterocycles. The van der Waals surface area contributed by atoms with Gasteiger partial charge in [0.05, 0.1) is 24.5 Å². The Morgan fingerprint density at radius 1 is 1.16 bits per heavy atom. The van der Waals surface area contributed by atoms with Crippen LogP contribution in [0.15, 0.2) is 48.5 Å². The van der Waals surface area contributed by atoms with Crippen LogP contribution in [0.4, 0.5) is 0 Å². The SMILES string of the molecule is CC(=O)O[C@@H](c1ccc(COS(C)(=O)=O)cc1)c1cccc(C#N)c1. The van der Waals surface area contributed by atoms with Crippen LogP contribution in [0.25, 0.3) is 0 Å². The van der Waals surface area contributed by atoms with Crippen LogP contribution in [-0.2, 0) is 30.4 Å². The third-order valence-corrected chi connectivity index (χ3v) is 3.87. The predicted molar refractivity (Wildman–Crippen MR) is 90.8 cm³/mol. The maximum Gasteiger partial charge on any atom is 0.303 e. The highest BCUT2D eigenvalue weighted by Crippen LogP contribution is 2.27.